The Bertz CT molecular complexity index is 1060. The number of carbonyl (C=O) groups is 3. The van der Waals surface area contributed by atoms with E-state index in [9.17, 15) is 19.5 Å². The summed E-state index contributed by atoms with van der Waals surface area (Å²) in [5, 5.41) is 11.4. The Morgan fingerprint density at radius 1 is 1.10 bits per heavy atom. The van der Waals surface area contributed by atoms with E-state index in [2.05, 4.69) is 0 Å². The second-order valence-electron chi connectivity index (χ2n) is 6.78. The van der Waals surface area contributed by atoms with Crippen molar-refractivity contribution in [3.05, 3.63) is 69.2 Å². The van der Waals surface area contributed by atoms with Gasteiger partial charge in [-0.05, 0) is 35.9 Å². The zero-order valence-corrected chi connectivity index (χ0v) is 18.2. The molecule has 1 aliphatic heterocycles. The lowest BCUT2D eigenvalue weighted by Crippen LogP contribution is -2.32. The minimum atomic E-state index is -0.865. The number of aliphatic hydroxyl groups is 1. The molecule has 2 aromatic rings. The maximum Gasteiger partial charge on any atom is 0.308 e. The lowest BCUT2D eigenvalue weighted by molar-refractivity contribution is -0.140. The summed E-state index contributed by atoms with van der Waals surface area (Å²) < 4.78 is 10.1. The van der Waals surface area contributed by atoms with Gasteiger partial charge in [0, 0.05) is 26.1 Å². The van der Waals surface area contributed by atoms with Gasteiger partial charge >= 0.3 is 5.97 Å². The van der Waals surface area contributed by atoms with E-state index in [0.717, 1.165) is 0 Å². The number of hydrogen-bond acceptors (Lipinski definition) is 6. The average Bonchev–Trinajstić information content (AvgIpc) is 2.98. The maximum absolute atomic E-state index is 12.9. The number of benzene rings is 2. The molecule has 1 amide bonds. The number of ether oxygens (including phenoxy) is 2. The van der Waals surface area contributed by atoms with Crippen LogP contribution in [0.25, 0.3) is 5.76 Å². The number of esters is 1. The van der Waals surface area contributed by atoms with Gasteiger partial charge in [0.2, 0.25) is 0 Å². The molecule has 1 unspecified atom stereocenters. The van der Waals surface area contributed by atoms with Crippen LogP contribution >= 0.6 is 23.2 Å². The molecule has 0 radical (unpaired) electrons. The molecule has 2 aromatic carbocycles. The van der Waals surface area contributed by atoms with E-state index in [1.807, 2.05) is 0 Å². The van der Waals surface area contributed by atoms with Crippen LogP contribution in [-0.2, 0) is 19.1 Å². The largest absolute Gasteiger partial charge is 0.507 e. The summed E-state index contributed by atoms with van der Waals surface area (Å²) in [5.74, 6) is -2.11. The third-order valence-electron chi connectivity index (χ3n) is 4.73. The van der Waals surface area contributed by atoms with Crippen molar-refractivity contribution in [2.75, 3.05) is 20.3 Å². The summed E-state index contributed by atoms with van der Waals surface area (Å²) in [6, 6.07) is 9.89. The van der Waals surface area contributed by atoms with Crippen molar-refractivity contribution < 1.29 is 29.0 Å². The number of carbonyl (C=O) groups excluding carboxylic acids is 3. The summed E-state index contributed by atoms with van der Waals surface area (Å²) in [4.78, 5) is 38.1. The van der Waals surface area contributed by atoms with E-state index in [1.54, 1.807) is 24.3 Å². The molecule has 1 heterocycles. The molecular weight excluding hydrogens is 445 g/mol. The number of hydrogen-bond donors (Lipinski definition) is 1. The smallest absolute Gasteiger partial charge is 0.308 e. The highest BCUT2D eigenvalue weighted by Crippen LogP contribution is 2.40. The molecule has 0 aromatic heterocycles. The van der Waals surface area contributed by atoms with Gasteiger partial charge in [0.05, 0.1) is 28.3 Å². The molecule has 1 atom stereocenters. The molecule has 162 valence electrons. The Morgan fingerprint density at radius 2 is 1.77 bits per heavy atom. The van der Waals surface area contributed by atoms with Crippen LogP contribution in [0.5, 0.6) is 5.75 Å². The SMILES string of the molecule is COCCN1C(=O)C(=O)/C(=C(\O)c2ccc(Cl)c(Cl)c2)C1c1ccc(OC(C)=O)cc1. The quantitative estimate of drug-likeness (QED) is 0.229. The molecule has 1 aliphatic rings. The number of aliphatic hydroxyl groups excluding tert-OH is 1. The van der Waals surface area contributed by atoms with Crippen LogP contribution < -0.4 is 4.74 Å². The van der Waals surface area contributed by atoms with Gasteiger partial charge in [0.15, 0.2) is 0 Å². The molecule has 0 spiro atoms. The maximum atomic E-state index is 12.9. The van der Waals surface area contributed by atoms with Crippen LogP contribution in [0.4, 0.5) is 0 Å². The summed E-state index contributed by atoms with van der Waals surface area (Å²) >= 11 is 12.0. The van der Waals surface area contributed by atoms with Crippen LogP contribution in [0, 0.1) is 0 Å². The Morgan fingerprint density at radius 3 is 2.35 bits per heavy atom. The Hall–Kier alpha value is -2.87. The van der Waals surface area contributed by atoms with Crippen molar-refractivity contribution >= 4 is 46.6 Å². The van der Waals surface area contributed by atoms with E-state index in [1.165, 1.54) is 37.1 Å². The Balaban J connectivity index is 2.12. The van der Waals surface area contributed by atoms with Gasteiger partial charge in [-0.3, -0.25) is 14.4 Å². The topological polar surface area (TPSA) is 93.1 Å². The first kappa shape index (κ1) is 22.8. The molecular formula is C22H19Cl2NO6. The highest BCUT2D eigenvalue weighted by Gasteiger charge is 2.45. The van der Waals surface area contributed by atoms with E-state index < -0.39 is 23.7 Å². The first-order chi connectivity index (χ1) is 14.7. The van der Waals surface area contributed by atoms with E-state index in [4.69, 9.17) is 32.7 Å². The van der Waals surface area contributed by atoms with Crippen molar-refractivity contribution in [3.8, 4) is 5.75 Å². The Kier molecular flexibility index (Phi) is 7.00. The second-order valence-corrected chi connectivity index (χ2v) is 7.59. The van der Waals surface area contributed by atoms with Crippen molar-refractivity contribution in [2.24, 2.45) is 0 Å². The number of ketones is 1. The fourth-order valence-electron chi connectivity index (χ4n) is 3.33. The predicted octanol–water partition coefficient (Wildman–Crippen LogP) is 3.99. The normalized spacial score (nSPS) is 17.8. The van der Waals surface area contributed by atoms with Crippen LogP contribution in [-0.4, -0.2) is 47.9 Å². The predicted molar refractivity (Wildman–Crippen MR) is 115 cm³/mol. The van der Waals surface area contributed by atoms with Crippen LogP contribution in [0.3, 0.4) is 0 Å². The number of rotatable bonds is 6. The van der Waals surface area contributed by atoms with Crippen LogP contribution in [0.15, 0.2) is 48.0 Å². The van der Waals surface area contributed by atoms with Crippen molar-refractivity contribution in [1.82, 2.24) is 4.90 Å². The van der Waals surface area contributed by atoms with Gasteiger partial charge in [-0.1, -0.05) is 35.3 Å². The lowest BCUT2D eigenvalue weighted by atomic mass is 9.95. The van der Waals surface area contributed by atoms with Gasteiger partial charge in [0.25, 0.3) is 11.7 Å². The zero-order chi connectivity index (χ0) is 22.7. The van der Waals surface area contributed by atoms with Crippen LogP contribution in [0.1, 0.15) is 24.1 Å². The summed E-state index contributed by atoms with van der Waals surface area (Å²) in [7, 11) is 1.48. The highest BCUT2D eigenvalue weighted by molar-refractivity contribution is 6.46. The van der Waals surface area contributed by atoms with Crippen molar-refractivity contribution in [3.63, 3.8) is 0 Å². The van der Waals surface area contributed by atoms with Crippen molar-refractivity contribution in [1.29, 1.82) is 0 Å². The van der Waals surface area contributed by atoms with Gasteiger partial charge in [-0.2, -0.15) is 0 Å². The highest BCUT2D eigenvalue weighted by atomic mass is 35.5. The molecule has 1 saturated heterocycles. The molecule has 7 nitrogen and oxygen atoms in total. The molecule has 3 rings (SSSR count). The third kappa shape index (κ3) is 4.74. The van der Waals surface area contributed by atoms with Crippen molar-refractivity contribution in [2.45, 2.75) is 13.0 Å². The molecule has 1 N–H and O–H groups in total. The molecule has 0 bridgehead atoms. The van der Waals surface area contributed by atoms with Gasteiger partial charge in [0.1, 0.15) is 11.5 Å². The molecule has 0 aliphatic carbocycles. The summed E-state index contributed by atoms with van der Waals surface area (Å²) in [6.45, 7) is 1.61. The fourth-order valence-corrected chi connectivity index (χ4v) is 3.63. The average molecular weight is 464 g/mol. The monoisotopic (exact) mass is 463 g/mol. The molecule has 0 saturated carbocycles. The first-order valence-corrected chi connectivity index (χ1v) is 10.0. The molecule has 1 fully saturated rings. The number of amides is 1. The second kappa shape index (κ2) is 9.51. The number of nitrogens with zero attached hydrogens (tertiary/aromatic N) is 1. The summed E-state index contributed by atoms with van der Waals surface area (Å²) in [6.07, 6.45) is 0. The van der Waals surface area contributed by atoms with Crippen LogP contribution in [0.2, 0.25) is 10.0 Å². The van der Waals surface area contributed by atoms with E-state index in [-0.39, 0.29) is 40.1 Å². The van der Waals surface area contributed by atoms with E-state index in [0.29, 0.717) is 11.3 Å². The number of Topliss-reactive ketones (excluding diaryl/α,β-unsaturated/α-hetero) is 1. The number of methoxy groups -OCH3 is 1. The molecule has 9 heteroatoms. The molecule has 31 heavy (non-hydrogen) atoms. The standard InChI is InChI=1S/C22H19Cl2NO6/c1-12(26)31-15-6-3-13(4-7-15)19-18(21(28)22(29)25(19)9-10-30-2)20(27)14-5-8-16(23)17(24)11-14/h3-8,11,19,27H,9-10H2,1-2H3/b20-18-. The fraction of sp³-hybridized carbons (Fsp3) is 0.227. The van der Waals surface area contributed by atoms with Gasteiger partial charge < -0.3 is 19.5 Å². The van der Waals surface area contributed by atoms with Gasteiger partial charge in [-0.25, -0.2) is 0 Å². The number of likely N-dealkylation sites (tertiary alicyclic amines) is 1. The van der Waals surface area contributed by atoms with E-state index >= 15 is 0 Å². The minimum absolute atomic E-state index is 0.0836. The lowest BCUT2D eigenvalue weighted by Gasteiger charge is -2.25. The first-order valence-electron chi connectivity index (χ1n) is 9.25. The number of halogens is 2. The zero-order valence-electron chi connectivity index (χ0n) is 16.7. The Labute approximate surface area is 188 Å². The third-order valence-corrected chi connectivity index (χ3v) is 5.47. The summed E-state index contributed by atoms with van der Waals surface area (Å²) in [5.41, 5.74) is 0.716. The minimum Gasteiger partial charge on any atom is -0.507 e. The van der Waals surface area contributed by atoms with Gasteiger partial charge in [-0.15, -0.1) is 0 Å².